The highest BCUT2D eigenvalue weighted by molar-refractivity contribution is 5.97. The van der Waals surface area contributed by atoms with Gasteiger partial charge in [-0.15, -0.1) is 18.3 Å². The summed E-state index contributed by atoms with van der Waals surface area (Å²) in [7, 11) is 1.22. The zero-order valence-electron chi connectivity index (χ0n) is 20.8. The number of methoxy groups -OCH3 is 1. The molecule has 9 nitrogen and oxygen atoms in total. The quantitative estimate of drug-likeness (QED) is 0.391. The van der Waals surface area contributed by atoms with Crippen molar-refractivity contribution in [3.63, 3.8) is 0 Å². The lowest BCUT2D eigenvalue weighted by molar-refractivity contribution is -0.274. The monoisotopic (exact) mass is 493 g/mol. The third kappa shape index (κ3) is 5.23. The molecule has 0 radical (unpaired) electrons. The third-order valence-electron chi connectivity index (χ3n) is 4.76. The Bertz CT molecular complexity index is 1510. The van der Waals surface area contributed by atoms with Gasteiger partial charge >= 0.3 is 6.36 Å². The fourth-order valence-electron chi connectivity index (χ4n) is 3.24. The van der Waals surface area contributed by atoms with Gasteiger partial charge in [0.15, 0.2) is 5.65 Å². The molecule has 4 aromatic rings. The van der Waals surface area contributed by atoms with Crippen LogP contribution in [0.5, 0.6) is 11.6 Å². The number of nitrogens with two attached hydrogens (primary N) is 1. The van der Waals surface area contributed by atoms with Crippen LogP contribution in [-0.2, 0) is 0 Å². The van der Waals surface area contributed by atoms with Crippen molar-refractivity contribution in [1.29, 1.82) is 0 Å². The standard InChI is InChI=1S/C22H18F4N6O3/c1-11(15-9-14(3-4-17(15)23)35-22(24,25)26)29-19(33)16-7-13(10-28-20(16)34-2)12-5-6-32-18(8-12)30-21(27)31-32/h3-11H,1-2H3,(H2,27,31)(H,29,33)/t11-/m1/s1/i1D3. The van der Waals surface area contributed by atoms with Crippen molar-refractivity contribution in [1.82, 2.24) is 24.9 Å². The Hall–Kier alpha value is -4.42. The van der Waals surface area contributed by atoms with Crippen molar-refractivity contribution in [2.24, 2.45) is 0 Å². The lowest BCUT2D eigenvalue weighted by Crippen LogP contribution is -2.28. The van der Waals surface area contributed by atoms with E-state index in [1.807, 2.05) is 0 Å². The van der Waals surface area contributed by atoms with Gasteiger partial charge in [-0.1, -0.05) is 0 Å². The first-order chi connectivity index (χ1) is 17.7. The van der Waals surface area contributed by atoms with E-state index in [-0.39, 0.29) is 17.4 Å². The summed E-state index contributed by atoms with van der Waals surface area (Å²) in [4.78, 5) is 21.4. The van der Waals surface area contributed by atoms with E-state index in [1.165, 1.54) is 23.9 Å². The fraction of sp³-hybridized carbons (Fsp3) is 0.182. The van der Waals surface area contributed by atoms with Gasteiger partial charge in [-0.3, -0.25) is 4.79 Å². The molecule has 0 fully saturated rings. The van der Waals surface area contributed by atoms with E-state index in [9.17, 15) is 22.4 Å². The van der Waals surface area contributed by atoms with Gasteiger partial charge in [-0.2, -0.15) is 4.98 Å². The van der Waals surface area contributed by atoms with Crippen molar-refractivity contribution in [3.8, 4) is 22.8 Å². The van der Waals surface area contributed by atoms with E-state index in [0.717, 1.165) is 0 Å². The number of nitrogens with zero attached hydrogens (tertiary/aromatic N) is 4. The molecule has 0 saturated heterocycles. The lowest BCUT2D eigenvalue weighted by Gasteiger charge is -2.18. The molecule has 13 heteroatoms. The van der Waals surface area contributed by atoms with E-state index in [1.54, 1.807) is 18.3 Å². The zero-order valence-corrected chi connectivity index (χ0v) is 17.8. The second-order valence-electron chi connectivity index (χ2n) is 7.11. The Morgan fingerprint density at radius 3 is 2.74 bits per heavy atom. The van der Waals surface area contributed by atoms with Crippen LogP contribution in [0.3, 0.4) is 0 Å². The smallest absolute Gasteiger partial charge is 0.480 e. The van der Waals surface area contributed by atoms with Gasteiger partial charge in [0.2, 0.25) is 11.8 Å². The predicted octanol–water partition coefficient (Wildman–Crippen LogP) is 3.91. The second-order valence-corrected chi connectivity index (χ2v) is 7.11. The molecule has 35 heavy (non-hydrogen) atoms. The molecular weight excluding hydrogens is 472 g/mol. The molecule has 4 rings (SSSR count). The maximum Gasteiger partial charge on any atom is 0.573 e. The van der Waals surface area contributed by atoms with Gasteiger partial charge in [0.1, 0.15) is 17.1 Å². The van der Waals surface area contributed by atoms with Crippen LogP contribution in [-0.4, -0.2) is 39.0 Å². The Balaban J connectivity index is 1.71. The summed E-state index contributed by atoms with van der Waals surface area (Å²) < 4.78 is 86.3. The SMILES string of the molecule is [2H]C([2H])([2H])[C@@H](NC(=O)c1cc(-c2ccn3nc(N)nc3c2)cnc1OC)c1cc(OC(F)(F)F)ccc1F. The van der Waals surface area contributed by atoms with Crippen molar-refractivity contribution >= 4 is 17.5 Å². The largest absolute Gasteiger partial charge is 0.573 e. The highest BCUT2D eigenvalue weighted by atomic mass is 19.4. The molecule has 1 aromatic carbocycles. The van der Waals surface area contributed by atoms with E-state index in [4.69, 9.17) is 14.6 Å². The maximum absolute atomic E-state index is 14.6. The number of amides is 1. The van der Waals surface area contributed by atoms with Crippen LogP contribution in [0.25, 0.3) is 16.8 Å². The van der Waals surface area contributed by atoms with Crippen molar-refractivity contribution < 1.29 is 35.9 Å². The molecule has 0 aliphatic rings. The number of hydrogen-bond acceptors (Lipinski definition) is 7. The molecular formula is C22H18F4N6O3. The Morgan fingerprint density at radius 2 is 2.03 bits per heavy atom. The number of benzene rings is 1. The Labute approximate surface area is 199 Å². The summed E-state index contributed by atoms with van der Waals surface area (Å²) in [6.45, 7) is -3.07. The maximum atomic E-state index is 14.6. The molecule has 3 aromatic heterocycles. The number of pyridine rings is 2. The van der Waals surface area contributed by atoms with Crippen LogP contribution in [0.4, 0.5) is 23.5 Å². The normalized spacial score (nSPS) is 14.0. The molecule has 182 valence electrons. The van der Waals surface area contributed by atoms with Crippen LogP contribution in [0.15, 0.2) is 48.8 Å². The number of carbonyl (C=O) groups is 1. The summed E-state index contributed by atoms with van der Waals surface area (Å²) >= 11 is 0. The molecule has 0 unspecified atom stereocenters. The van der Waals surface area contributed by atoms with Crippen molar-refractivity contribution in [2.45, 2.75) is 19.3 Å². The molecule has 0 aliphatic carbocycles. The Morgan fingerprint density at radius 1 is 1.23 bits per heavy atom. The molecule has 1 amide bonds. The van der Waals surface area contributed by atoms with Crippen LogP contribution in [0.2, 0.25) is 0 Å². The summed E-state index contributed by atoms with van der Waals surface area (Å²) in [5.41, 5.74) is 5.99. The second kappa shape index (κ2) is 9.08. The zero-order chi connectivity index (χ0) is 27.8. The van der Waals surface area contributed by atoms with Gasteiger partial charge in [-0.25, -0.2) is 13.9 Å². The highest BCUT2D eigenvalue weighted by Crippen LogP contribution is 2.29. The number of halogens is 4. The number of hydrogen-bond donors (Lipinski definition) is 2. The van der Waals surface area contributed by atoms with Crippen LogP contribution in [0, 0.1) is 5.82 Å². The van der Waals surface area contributed by atoms with Gasteiger partial charge in [0.25, 0.3) is 5.91 Å². The van der Waals surface area contributed by atoms with E-state index >= 15 is 0 Å². The van der Waals surface area contributed by atoms with Gasteiger partial charge in [0.05, 0.1) is 13.2 Å². The summed E-state index contributed by atoms with van der Waals surface area (Å²) in [5.74, 6) is -3.20. The Kier molecular flexibility index (Phi) is 5.19. The third-order valence-corrected chi connectivity index (χ3v) is 4.76. The van der Waals surface area contributed by atoms with Gasteiger partial charge in [-0.05, 0) is 48.8 Å². The molecule has 0 bridgehead atoms. The first-order valence-corrected chi connectivity index (χ1v) is 9.77. The molecule has 0 aliphatic heterocycles. The van der Waals surface area contributed by atoms with Gasteiger partial charge in [0, 0.05) is 27.6 Å². The molecule has 0 saturated carbocycles. The van der Waals surface area contributed by atoms with Crippen LogP contribution >= 0.6 is 0 Å². The topological polar surface area (TPSA) is 117 Å². The first-order valence-electron chi connectivity index (χ1n) is 11.3. The van der Waals surface area contributed by atoms with Crippen LogP contribution in [0.1, 0.15) is 32.9 Å². The molecule has 1 atom stereocenters. The number of rotatable bonds is 6. The van der Waals surface area contributed by atoms with Crippen LogP contribution < -0.4 is 20.5 Å². The number of alkyl halides is 3. The van der Waals surface area contributed by atoms with E-state index in [2.05, 4.69) is 25.1 Å². The molecule has 0 spiro atoms. The summed E-state index contributed by atoms with van der Waals surface area (Å²) in [5, 5.41) is 6.13. The molecule has 3 N–H and O–H groups in total. The van der Waals surface area contributed by atoms with E-state index < -0.39 is 42.3 Å². The summed E-state index contributed by atoms with van der Waals surface area (Å²) in [6.07, 6.45) is -2.14. The lowest BCUT2D eigenvalue weighted by atomic mass is 10.0. The molecule has 3 heterocycles. The fourth-order valence-corrected chi connectivity index (χ4v) is 3.24. The van der Waals surface area contributed by atoms with Crippen molar-refractivity contribution in [3.05, 3.63) is 65.7 Å². The van der Waals surface area contributed by atoms with Crippen molar-refractivity contribution in [2.75, 3.05) is 12.8 Å². The minimum Gasteiger partial charge on any atom is -0.480 e. The van der Waals surface area contributed by atoms with Gasteiger partial charge < -0.3 is 20.5 Å². The number of anilines is 1. The first kappa shape index (κ1) is 20.0. The highest BCUT2D eigenvalue weighted by Gasteiger charge is 2.31. The predicted molar refractivity (Wildman–Crippen MR) is 116 cm³/mol. The minimum atomic E-state index is -5.10. The average molecular weight is 493 g/mol. The number of ether oxygens (including phenoxy) is 2. The number of fused-ring (bicyclic) bond motifs is 1. The minimum absolute atomic E-state index is 0.0442. The van der Waals surface area contributed by atoms with E-state index in [0.29, 0.717) is 35.0 Å². The average Bonchev–Trinajstić information content (AvgIpc) is 3.21. The number of carbonyl (C=O) groups excluding carboxylic acids is 1. The number of aromatic nitrogens is 4. The summed E-state index contributed by atoms with van der Waals surface area (Å²) in [6, 6.07) is 4.41. The number of nitrogen functional groups attached to an aromatic ring is 1. The number of nitrogens with one attached hydrogen (secondary N) is 1.